The highest BCUT2D eigenvalue weighted by Crippen LogP contribution is 2.04. The Morgan fingerprint density at radius 2 is 2.33 bits per heavy atom. The van der Waals surface area contributed by atoms with Crippen molar-refractivity contribution in [1.29, 1.82) is 0 Å². The van der Waals surface area contributed by atoms with E-state index in [-0.39, 0.29) is 6.42 Å². The molecule has 0 aliphatic carbocycles. The van der Waals surface area contributed by atoms with Gasteiger partial charge in [0.25, 0.3) is 0 Å². The summed E-state index contributed by atoms with van der Waals surface area (Å²) in [4.78, 5) is 9.94. The predicted octanol–water partition coefficient (Wildman–Crippen LogP) is 2.15. The van der Waals surface area contributed by atoms with Gasteiger partial charge in [-0.25, -0.2) is 0 Å². The number of hydrogen-bond acceptors (Lipinski definition) is 1. The molecule has 0 aromatic carbocycles. The second-order valence-corrected chi connectivity index (χ2v) is 2.97. The van der Waals surface area contributed by atoms with Crippen molar-refractivity contribution in [2.45, 2.75) is 19.8 Å². The largest absolute Gasteiger partial charge is 0.481 e. The van der Waals surface area contributed by atoms with Gasteiger partial charge in [0.05, 0.1) is 0 Å². The zero-order chi connectivity index (χ0) is 7.28. The molecule has 2 nitrogen and oxygen atoms in total. The third-order valence-electron chi connectivity index (χ3n) is 0.784. The van der Waals surface area contributed by atoms with Crippen molar-refractivity contribution < 1.29 is 9.90 Å². The minimum Gasteiger partial charge on any atom is -0.481 e. The van der Waals surface area contributed by atoms with Crippen LogP contribution in [-0.4, -0.2) is 11.1 Å². The van der Waals surface area contributed by atoms with Gasteiger partial charge in [-0.15, -0.1) is 0 Å². The second kappa shape index (κ2) is 4.56. The van der Waals surface area contributed by atoms with E-state index in [2.05, 4.69) is 15.9 Å². The minimum atomic E-state index is -0.750. The molecule has 0 amide bonds. The van der Waals surface area contributed by atoms with Crippen molar-refractivity contribution in [2.24, 2.45) is 0 Å². The monoisotopic (exact) mass is 192 g/mol. The van der Waals surface area contributed by atoms with Gasteiger partial charge in [0.1, 0.15) is 0 Å². The van der Waals surface area contributed by atoms with E-state index in [1.807, 2.05) is 13.0 Å². The van der Waals surface area contributed by atoms with Crippen LogP contribution in [0.2, 0.25) is 0 Å². The zero-order valence-corrected chi connectivity index (χ0v) is 6.81. The molecule has 0 bridgehead atoms. The second-order valence-electron chi connectivity index (χ2n) is 1.72. The van der Waals surface area contributed by atoms with Gasteiger partial charge in [0.15, 0.2) is 0 Å². The molecule has 0 radical (unpaired) electrons. The number of hydrogen-bond donors (Lipinski definition) is 1. The van der Waals surface area contributed by atoms with Crippen LogP contribution in [0.15, 0.2) is 10.6 Å². The topological polar surface area (TPSA) is 37.3 Å². The molecule has 1 N–H and O–H groups in total. The van der Waals surface area contributed by atoms with Crippen LogP contribution in [0.4, 0.5) is 0 Å². The summed E-state index contributed by atoms with van der Waals surface area (Å²) < 4.78 is 0.990. The third kappa shape index (κ3) is 7.69. The number of carboxylic acid groups (broad SMARTS) is 1. The lowest BCUT2D eigenvalue weighted by Crippen LogP contribution is -1.91. The summed E-state index contributed by atoms with van der Waals surface area (Å²) in [6, 6.07) is 0. The predicted molar refractivity (Wildman–Crippen MR) is 39.6 cm³/mol. The number of rotatable bonds is 3. The molecule has 0 rings (SSSR count). The molecule has 9 heavy (non-hydrogen) atoms. The van der Waals surface area contributed by atoms with E-state index in [9.17, 15) is 4.79 Å². The molecule has 3 heteroatoms. The van der Waals surface area contributed by atoms with Crippen LogP contribution in [0.1, 0.15) is 19.8 Å². The molecule has 0 saturated carbocycles. The number of allylic oxidation sites excluding steroid dienone is 2. The first kappa shape index (κ1) is 8.69. The van der Waals surface area contributed by atoms with Crippen LogP contribution in [0.25, 0.3) is 0 Å². The fraction of sp³-hybridized carbons (Fsp3) is 0.500. The fourth-order valence-electron chi connectivity index (χ4n) is 0.395. The van der Waals surface area contributed by atoms with E-state index in [4.69, 9.17) is 5.11 Å². The van der Waals surface area contributed by atoms with E-state index in [0.29, 0.717) is 6.42 Å². The van der Waals surface area contributed by atoms with Gasteiger partial charge in [-0.05, 0) is 17.8 Å². The van der Waals surface area contributed by atoms with Crippen LogP contribution < -0.4 is 0 Å². The molecule has 0 spiro atoms. The maximum absolute atomic E-state index is 9.94. The lowest BCUT2D eigenvalue weighted by atomic mass is 10.3. The Kier molecular flexibility index (Phi) is 4.40. The normalized spacial score (nSPS) is 11.6. The van der Waals surface area contributed by atoms with Gasteiger partial charge < -0.3 is 5.11 Å². The van der Waals surface area contributed by atoms with Crippen LogP contribution in [0, 0.1) is 0 Å². The van der Waals surface area contributed by atoms with Crippen LogP contribution in [-0.2, 0) is 4.79 Å². The van der Waals surface area contributed by atoms with Crippen LogP contribution in [0.3, 0.4) is 0 Å². The van der Waals surface area contributed by atoms with Gasteiger partial charge in [0.2, 0.25) is 0 Å². The maximum atomic E-state index is 9.94. The first-order valence-corrected chi connectivity index (χ1v) is 3.46. The molecule has 0 unspecified atom stereocenters. The van der Waals surface area contributed by atoms with Crippen LogP contribution in [0.5, 0.6) is 0 Å². The lowest BCUT2D eigenvalue weighted by molar-refractivity contribution is -0.136. The first-order chi connectivity index (χ1) is 4.13. The Hall–Kier alpha value is -0.310. The lowest BCUT2D eigenvalue weighted by Gasteiger charge is -1.87. The van der Waals surface area contributed by atoms with Crippen molar-refractivity contribution >= 4 is 21.9 Å². The average molecular weight is 193 g/mol. The quantitative estimate of drug-likeness (QED) is 0.745. The van der Waals surface area contributed by atoms with E-state index in [1.165, 1.54) is 0 Å². The molecule has 0 saturated heterocycles. The Morgan fingerprint density at radius 3 is 2.67 bits per heavy atom. The van der Waals surface area contributed by atoms with E-state index < -0.39 is 5.97 Å². The fourth-order valence-corrected chi connectivity index (χ4v) is 0.623. The third-order valence-corrected chi connectivity index (χ3v) is 1.11. The van der Waals surface area contributed by atoms with E-state index in [0.717, 1.165) is 4.48 Å². The van der Waals surface area contributed by atoms with Crippen molar-refractivity contribution in [3.63, 3.8) is 0 Å². The summed E-state index contributed by atoms with van der Waals surface area (Å²) in [5.41, 5.74) is 0. The smallest absolute Gasteiger partial charge is 0.303 e. The number of halogens is 1. The summed E-state index contributed by atoms with van der Waals surface area (Å²) in [6.07, 6.45) is 2.66. The van der Waals surface area contributed by atoms with Gasteiger partial charge in [0, 0.05) is 6.42 Å². The number of carbonyl (C=O) groups is 1. The standard InChI is InChI=1S/C6H9BrO2/c1-5(7)3-2-4-6(8)9/h3H,2,4H2,1H3,(H,8,9)/b5-3-. The molecule has 0 aliphatic rings. The van der Waals surface area contributed by atoms with Crippen molar-refractivity contribution in [2.75, 3.05) is 0 Å². The Bertz CT molecular complexity index is 125. The minimum absolute atomic E-state index is 0.211. The molecular weight excluding hydrogens is 184 g/mol. The maximum Gasteiger partial charge on any atom is 0.303 e. The molecule has 0 aromatic heterocycles. The average Bonchev–Trinajstić information content (AvgIpc) is 1.63. The zero-order valence-electron chi connectivity index (χ0n) is 5.22. The van der Waals surface area contributed by atoms with Crippen molar-refractivity contribution in [1.82, 2.24) is 0 Å². The van der Waals surface area contributed by atoms with Crippen molar-refractivity contribution in [3.8, 4) is 0 Å². The molecule has 0 aromatic rings. The van der Waals surface area contributed by atoms with E-state index in [1.54, 1.807) is 0 Å². The highest BCUT2D eigenvalue weighted by Gasteiger charge is 1.91. The molecule has 0 atom stereocenters. The SMILES string of the molecule is C/C(Br)=C/CCC(=O)O. The number of aliphatic carboxylic acids is 1. The molecule has 52 valence electrons. The van der Waals surface area contributed by atoms with Gasteiger partial charge in [-0.1, -0.05) is 22.0 Å². The molecular formula is C6H9BrO2. The molecule has 0 aliphatic heterocycles. The summed E-state index contributed by atoms with van der Waals surface area (Å²) in [7, 11) is 0. The Labute approximate surface area is 62.7 Å². The number of carboxylic acids is 1. The molecule has 0 fully saturated rings. The van der Waals surface area contributed by atoms with E-state index >= 15 is 0 Å². The van der Waals surface area contributed by atoms with Gasteiger partial charge in [-0.2, -0.15) is 0 Å². The van der Waals surface area contributed by atoms with Gasteiger partial charge in [-0.3, -0.25) is 4.79 Å². The summed E-state index contributed by atoms with van der Waals surface area (Å²) >= 11 is 3.19. The van der Waals surface area contributed by atoms with Crippen LogP contribution >= 0.6 is 15.9 Å². The summed E-state index contributed by atoms with van der Waals surface area (Å²) in [5.74, 6) is -0.750. The Morgan fingerprint density at radius 1 is 1.78 bits per heavy atom. The first-order valence-electron chi connectivity index (χ1n) is 2.67. The highest BCUT2D eigenvalue weighted by atomic mass is 79.9. The van der Waals surface area contributed by atoms with Crippen molar-refractivity contribution in [3.05, 3.63) is 10.6 Å². The Balaban J connectivity index is 3.31. The molecule has 0 heterocycles. The summed E-state index contributed by atoms with van der Waals surface area (Å²) in [6.45, 7) is 1.88. The highest BCUT2D eigenvalue weighted by molar-refractivity contribution is 9.11. The summed E-state index contributed by atoms with van der Waals surface area (Å²) in [5, 5.41) is 8.18. The van der Waals surface area contributed by atoms with Gasteiger partial charge >= 0.3 is 5.97 Å².